The van der Waals surface area contributed by atoms with E-state index in [9.17, 15) is 4.79 Å². The van der Waals surface area contributed by atoms with Crippen LogP contribution in [0.15, 0.2) is 46.3 Å². The molecule has 0 aliphatic carbocycles. The van der Waals surface area contributed by atoms with Crippen LogP contribution in [0.5, 0.6) is 11.5 Å². The standard InChI is InChI=1S/C21H19ClN2O3S/c1-12(2)23-21-24(15-6-4-13(3)16(22)10-15)20(25)19(28-21)9-14-5-7-17-18(8-14)27-11-26-17/h4-10,12H,11H2,1-3H3/b19-9-,23-21?. The van der Waals surface area contributed by atoms with Crippen LogP contribution in [-0.2, 0) is 4.79 Å². The number of amidine groups is 1. The molecule has 7 heteroatoms. The van der Waals surface area contributed by atoms with Gasteiger partial charge in [0.25, 0.3) is 5.91 Å². The number of halogens is 1. The molecule has 2 aromatic rings. The minimum Gasteiger partial charge on any atom is -0.454 e. The van der Waals surface area contributed by atoms with Crippen LogP contribution in [0.3, 0.4) is 0 Å². The number of nitrogens with zero attached hydrogens (tertiary/aromatic N) is 2. The third-order valence-corrected chi connectivity index (χ3v) is 5.67. The first-order valence-corrected chi connectivity index (χ1v) is 10.1. The quantitative estimate of drug-likeness (QED) is 0.642. The molecule has 0 saturated carbocycles. The number of aryl methyl sites for hydroxylation is 1. The number of benzene rings is 2. The van der Waals surface area contributed by atoms with Gasteiger partial charge in [-0.1, -0.05) is 23.7 Å². The largest absolute Gasteiger partial charge is 0.454 e. The Hall–Kier alpha value is -2.44. The Morgan fingerprint density at radius 2 is 1.96 bits per heavy atom. The van der Waals surface area contributed by atoms with Crippen molar-refractivity contribution in [3.05, 3.63) is 57.5 Å². The topological polar surface area (TPSA) is 51.1 Å². The second-order valence-electron chi connectivity index (χ2n) is 6.80. The zero-order valence-electron chi connectivity index (χ0n) is 15.7. The molecule has 0 aromatic heterocycles. The first kappa shape index (κ1) is 18.9. The van der Waals surface area contributed by atoms with Gasteiger partial charge in [-0.15, -0.1) is 0 Å². The van der Waals surface area contributed by atoms with Crippen LogP contribution in [0.4, 0.5) is 5.69 Å². The summed E-state index contributed by atoms with van der Waals surface area (Å²) in [6.07, 6.45) is 1.85. The Bertz CT molecular complexity index is 1020. The SMILES string of the molecule is Cc1ccc(N2C(=O)/C(=C/c3ccc4c(c3)OCO4)SC2=NC(C)C)cc1Cl. The Morgan fingerprint density at radius 3 is 2.71 bits per heavy atom. The number of anilines is 1. The van der Waals surface area contributed by atoms with Gasteiger partial charge < -0.3 is 9.47 Å². The van der Waals surface area contributed by atoms with Crippen LogP contribution in [0.1, 0.15) is 25.0 Å². The molecule has 4 rings (SSSR count). The highest BCUT2D eigenvalue weighted by Crippen LogP contribution is 2.39. The number of carbonyl (C=O) groups is 1. The Balaban J connectivity index is 1.72. The molecule has 0 N–H and O–H groups in total. The minimum absolute atomic E-state index is 0.0589. The maximum Gasteiger partial charge on any atom is 0.271 e. The van der Waals surface area contributed by atoms with Crippen molar-refractivity contribution in [1.82, 2.24) is 0 Å². The van der Waals surface area contributed by atoms with E-state index in [1.54, 1.807) is 11.0 Å². The second-order valence-corrected chi connectivity index (χ2v) is 8.22. The molecule has 2 aliphatic rings. The number of rotatable bonds is 3. The predicted molar refractivity (Wildman–Crippen MR) is 114 cm³/mol. The second kappa shape index (κ2) is 7.53. The molecule has 1 saturated heterocycles. The molecule has 28 heavy (non-hydrogen) atoms. The van der Waals surface area contributed by atoms with Gasteiger partial charge in [0, 0.05) is 11.1 Å². The maximum atomic E-state index is 13.2. The van der Waals surface area contributed by atoms with E-state index in [-0.39, 0.29) is 18.7 Å². The third kappa shape index (κ3) is 3.62. The van der Waals surface area contributed by atoms with E-state index in [1.165, 1.54) is 11.8 Å². The molecule has 5 nitrogen and oxygen atoms in total. The highest BCUT2D eigenvalue weighted by atomic mass is 35.5. The van der Waals surface area contributed by atoms with Gasteiger partial charge in [-0.3, -0.25) is 14.7 Å². The molecule has 1 amide bonds. The van der Waals surface area contributed by atoms with Gasteiger partial charge in [-0.2, -0.15) is 0 Å². The summed E-state index contributed by atoms with van der Waals surface area (Å²) in [5, 5.41) is 1.26. The van der Waals surface area contributed by atoms with Crippen molar-refractivity contribution in [2.75, 3.05) is 11.7 Å². The predicted octanol–water partition coefficient (Wildman–Crippen LogP) is 5.26. The highest BCUT2D eigenvalue weighted by Gasteiger charge is 2.35. The summed E-state index contributed by atoms with van der Waals surface area (Å²) in [4.78, 5) is 20.0. The van der Waals surface area contributed by atoms with Crippen LogP contribution in [0.2, 0.25) is 5.02 Å². The number of thioether (sulfide) groups is 1. The molecule has 0 unspecified atom stereocenters. The summed E-state index contributed by atoms with van der Waals surface area (Å²) in [5.41, 5.74) is 2.54. The summed E-state index contributed by atoms with van der Waals surface area (Å²) in [6.45, 7) is 6.12. The van der Waals surface area contributed by atoms with Gasteiger partial charge in [-0.05, 0) is 74.0 Å². The van der Waals surface area contributed by atoms with Crippen molar-refractivity contribution in [3.8, 4) is 11.5 Å². The molecular formula is C21H19ClN2O3S. The van der Waals surface area contributed by atoms with E-state index in [0.29, 0.717) is 32.3 Å². The lowest BCUT2D eigenvalue weighted by Gasteiger charge is -2.17. The van der Waals surface area contributed by atoms with Gasteiger partial charge in [0.1, 0.15) is 0 Å². The van der Waals surface area contributed by atoms with Gasteiger partial charge in [0.05, 0.1) is 10.6 Å². The number of hydrogen-bond acceptors (Lipinski definition) is 5. The van der Waals surface area contributed by atoms with E-state index in [0.717, 1.165) is 11.1 Å². The molecule has 0 bridgehead atoms. The van der Waals surface area contributed by atoms with Crippen molar-refractivity contribution in [2.24, 2.45) is 4.99 Å². The fourth-order valence-electron chi connectivity index (χ4n) is 2.88. The van der Waals surface area contributed by atoms with E-state index in [2.05, 4.69) is 4.99 Å². The van der Waals surface area contributed by atoms with Crippen LogP contribution >= 0.6 is 23.4 Å². The van der Waals surface area contributed by atoms with Crippen LogP contribution in [0.25, 0.3) is 6.08 Å². The molecule has 2 aromatic carbocycles. The Labute approximate surface area is 173 Å². The van der Waals surface area contributed by atoms with Gasteiger partial charge in [0.15, 0.2) is 16.7 Å². The Kier molecular flexibility index (Phi) is 5.08. The van der Waals surface area contributed by atoms with Crippen LogP contribution < -0.4 is 14.4 Å². The first-order valence-electron chi connectivity index (χ1n) is 8.90. The number of ether oxygens (including phenoxy) is 2. The van der Waals surface area contributed by atoms with Crippen LogP contribution in [0, 0.1) is 6.92 Å². The number of hydrogen-bond donors (Lipinski definition) is 0. The van der Waals surface area contributed by atoms with Crippen molar-refractivity contribution >= 4 is 46.2 Å². The lowest BCUT2D eigenvalue weighted by molar-refractivity contribution is -0.113. The lowest BCUT2D eigenvalue weighted by atomic mass is 10.1. The van der Waals surface area contributed by atoms with Gasteiger partial charge in [0.2, 0.25) is 6.79 Å². The van der Waals surface area contributed by atoms with Crippen LogP contribution in [-0.4, -0.2) is 23.9 Å². The molecule has 2 heterocycles. The fourth-order valence-corrected chi connectivity index (χ4v) is 4.17. The fraction of sp³-hybridized carbons (Fsp3) is 0.238. The number of amides is 1. The Morgan fingerprint density at radius 1 is 1.18 bits per heavy atom. The average Bonchev–Trinajstić information content (AvgIpc) is 3.22. The van der Waals surface area contributed by atoms with E-state index in [4.69, 9.17) is 21.1 Å². The molecule has 0 spiro atoms. The highest BCUT2D eigenvalue weighted by molar-refractivity contribution is 8.19. The normalized spacial score (nSPS) is 18.8. The first-order chi connectivity index (χ1) is 13.4. The average molecular weight is 415 g/mol. The van der Waals surface area contributed by atoms with Crippen molar-refractivity contribution < 1.29 is 14.3 Å². The number of carbonyl (C=O) groups excluding carboxylic acids is 1. The summed E-state index contributed by atoms with van der Waals surface area (Å²) in [7, 11) is 0. The molecular weight excluding hydrogens is 396 g/mol. The van der Waals surface area contributed by atoms with Gasteiger partial charge in [-0.25, -0.2) is 0 Å². The molecule has 0 atom stereocenters. The van der Waals surface area contributed by atoms with Gasteiger partial charge >= 0.3 is 0 Å². The smallest absolute Gasteiger partial charge is 0.271 e. The van der Waals surface area contributed by atoms with Crippen molar-refractivity contribution in [3.63, 3.8) is 0 Å². The molecule has 0 radical (unpaired) electrons. The number of aliphatic imine (C=N–C) groups is 1. The summed E-state index contributed by atoms with van der Waals surface area (Å²) < 4.78 is 10.8. The maximum absolute atomic E-state index is 13.2. The summed E-state index contributed by atoms with van der Waals surface area (Å²) in [6, 6.07) is 11.3. The van der Waals surface area contributed by atoms with Crippen molar-refractivity contribution in [1.29, 1.82) is 0 Å². The zero-order valence-corrected chi connectivity index (χ0v) is 17.3. The zero-order chi connectivity index (χ0) is 19.8. The van der Waals surface area contributed by atoms with E-state index >= 15 is 0 Å². The molecule has 1 fully saturated rings. The van der Waals surface area contributed by atoms with E-state index < -0.39 is 0 Å². The monoisotopic (exact) mass is 414 g/mol. The molecule has 144 valence electrons. The summed E-state index contributed by atoms with van der Waals surface area (Å²) in [5.74, 6) is 1.27. The summed E-state index contributed by atoms with van der Waals surface area (Å²) >= 11 is 7.65. The minimum atomic E-state index is -0.123. The third-order valence-electron chi connectivity index (χ3n) is 4.28. The number of fused-ring (bicyclic) bond motifs is 1. The molecule has 2 aliphatic heterocycles. The lowest BCUT2D eigenvalue weighted by Crippen LogP contribution is -2.29. The van der Waals surface area contributed by atoms with Crippen molar-refractivity contribution in [2.45, 2.75) is 26.8 Å². The van der Waals surface area contributed by atoms with E-state index in [1.807, 2.05) is 57.2 Å².